The van der Waals surface area contributed by atoms with Gasteiger partial charge in [-0.3, -0.25) is 0 Å². The quantitative estimate of drug-likeness (QED) is 0.775. The van der Waals surface area contributed by atoms with Crippen LogP contribution in [0.1, 0.15) is 29.6 Å². The van der Waals surface area contributed by atoms with Crippen molar-refractivity contribution in [3.05, 3.63) is 23.8 Å². The fourth-order valence-electron chi connectivity index (χ4n) is 2.47. The zero-order chi connectivity index (χ0) is 14.5. The van der Waals surface area contributed by atoms with Crippen molar-refractivity contribution in [1.29, 1.82) is 0 Å². The summed E-state index contributed by atoms with van der Waals surface area (Å²) in [5.74, 6) is 0.733. The molecule has 1 saturated carbocycles. The fraction of sp³-hybridized carbons (Fsp3) is 0.533. The third-order valence-corrected chi connectivity index (χ3v) is 3.57. The van der Waals surface area contributed by atoms with Crippen LogP contribution in [0.4, 0.5) is 0 Å². The first-order valence-corrected chi connectivity index (χ1v) is 6.65. The molecular weight excluding hydrogens is 260 g/mol. The van der Waals surface area contributed by atoms with Gasteiger partial charge < -0.3 is 18.9 Å². The molecule has 1 aromatic rings. The lowest BCUT2D eigenvalue weighted by Gasteiger charge is -2.19. The van der Waals surface area contributed by atoms with E-state index in [1.54, 1.807) is 32.4 Å². The van der Waals surface area contributed by atoms with Crippen LogP contribution in [0.5, 0.6) is 11.5 Å². The van der Waals surface area contributed by atoms with Crippen molar-refractivity contribution in [1.82, 2.24) is 0 Å². The summed E-state index contributed by atoms with van der Waals surface area (Å²) < 4.78 is 21.2. The Bertz CT molecular complexity index is 471. The molecule has 0 N–H and O–H groups in total. The number of hydrogen-bond donors (Lipinski definition) is 0. The molecular formula is C15H20O5. The van der Waals surface area contributed by atoms with Gasteiger partial charge in [0.05, 0.1) is 25.9 Å². The van der Waals surface area contributed by atoms with E-state index in [0.29, 0.717) is 17.1 Å². The predicted molar refractivity (Wildman–Crippen MR) is 73.4 cm³/mol. The normalized spacial score (nSPS) is 21.6. The van der Waals surface area contributed by atoms with Gasteiger partial charge in [-0.25, -0.2) is 4.79 Å². The van der Waals surface area contributed by atoms with Gasteiger partial charge in [0, 0.05) is 7.11 Å². The van der Waals surface area contributed by atoms with Gasteiger partial charge in [-0.1, -0.05) is 0 Å². The Hall–Kier alpha value is -1.75. The molecule has 2 rings (SSSR count). The Balaban J connectivity index is 2.09. The number of ether oxygens (including phenoxy) is 4. The number of benzene rings is 1. The molecule has 5 nitrogen and oxygen atoms in total. The van der Waals surface area contributed by atoms with Crippen molar-refractivity contribution >= 4 is 5.97 Å². The Labute approximate surface area is 118 Å². The average molecular weight is 280 g/mol. The minimum Gasteiger partial charge on any atom is -0.493 e. The maximum Gasteiger partial charge on any atom is 0.338 e. The molecule has 1 fully saturated rings. The fourth-order valence-corrected chi connectivity index (χ4v) is 2.47. The summed E-state index contributed by atoms with van der Waals surface area (Å²) in [5, 5.41) is 0. The topological polar surface area (TPSA) is 54.0 Å². The lowest BCUT2D eigenvalue weighted by Crippen LogP contribution is -2.27. The number of carbonyl (C=O) groups is 1. The number of methoxy groups -OCH3 is 3. The summed E-state index contributed by atoms with van der Waals surface area (Å²) in [6.07, 6.45) is 2.63. The molecule has 1 aliphatic carbocycles. The third-order valence-electron chi connectivity index (χ3n) is 3.57. The Morgan fingerprint density at radius 3 is 2.40 bits per heavy atom. The van der Waals surface area contributed by atoms with E-state index in [4.69, 9.17) is 18.9 Å². The highest BCUT2D eigenvalue weighted by Gasteiger charge is 2.30. The summed E-state index contributed by atoms with van der Waals surface area (Å²) in [5.41, 5.74) is 0.449. The molecule has 2 unspecified atom stereocenters. The smallest absolute Gasteiger partial charge is 0.338 e. The summed E-state index contributed by atoms with van der Waals surface area (Å²) >= 11 is 0. The van der Waals surface area contributed by atoms with E-state index in [1.807, 2.05) is 0 Å². The molecule has 0 heterocycles. The van der Waals surface area contributed by atoms with E-state index in [1.165, 1.54) is 7.11 Å². The highest BCUT2D eigenvalue weighted by Crippen LogP contribution is 2.29. The molecule has 20 heavy (non-hydrogen) atoms. The van der Waals surface area contributed by atoms with Crippen LogP contribution in [0.3, 0.4) is 0 Å². The van der Waals surface area contributed by atoms with E-state index >= 15 is 0 Å². The molecule has 0 aliphatic heterocycles. The average Bonchev–Trinajstić information content (AvgIpc) is 2.93. The maximum absolute atomic E-state index is 12.2. The van der Waals surface area contributed by atoms with Crippen molar-refractivity contribution in [2.75, 3.05) is 21.3 Å². The highest BCUT2D eigenvalue weighted by atomic mass is 16.6. The van der Waals surface area contributed by atoms with E-state index in [2.05, 4.69) is 0 Å². The molecule has 1 aromatic carbocycles. The van der Waals surface area contributed by atoms with Gasteiger partial charge in [0.15, 0.2) is 11.5 Å². The zero-order valence-electron chi connectivity index (χ0n) is 12.0. The first-order valence-electron chi connectivity index (χ1n) is 6.65. The summed E-state index contributed by atoms with van der Waals surface area (Å²) in [7, 11) is 4.73. The van der Waals surface area contributed by atoms with Crippen molar-refractivity contribution < 1.29 is 23.7 Å². The first-order chi connectivity index (χ1) is 9.69. The molecule has 1 aliphatic rings. The lowest BCUT2D eigenvalue weighted by atomic mass is 10.2. The number of carbonyl (C=O) groups excluding carboxylic acids is 1. The van der Waals surface area contributed by atoms with Crippen LogP contribution in [-0.4, -0.2) is 39.5 Å². The van der Waals surface area contributed by atoms with Crippen LogP contribution in [0, 0.1) is 0 Å². The largest absolute Gasteiger partial charge is 0.493 e. The third kappa shape index (κ3) is 3.04. The number of esters is 1. The van der Waals surface area contributed by atoms with Crippen molar-refractivity contribution in [2.45, 2.75) is 31.5 Å². The summed E-state index contributed by atoms with van der Waals surface area (Å²) in [4.78, 5) is 12.2. The molecule has 110 valence electrons. The molecule has 0 aromatic heterocycles. The number of hydrogen-bond acceptors (Lipinski definition) is 5. The molecule has 2 atom stereocenters. The van der Waals surface area contributed by atoms with Crippen LogP contribution >= 0.6 is 0 Å². The second kappa shape index (κ2) is 6.61. The summed E-state index contributed by atoms with van der Waals surface area (Å²) in [6.45, 7) is 0. The monoisotopic (exact) mass is 280 g/mol. The van der Waals surface area contributed by atoms with Crippen LogP contribution in [0.15, 0.2) is 18.2 Å². The molecule has 0 bridgehead atoms. The van der Waals surface area contributed by atoms with Gasteiger partial charge in [0.1, 0.15) is 6.10 Å². The van der Waals surface area contributed by atoms with E-state index in [0.717, 1.165) is 19.3 Å². The van der Waals surface area contributed by atoms with Gasteiger partial charge in [-0.05, 0) is 37.5 Å². The molecule has 0 radical (unpaired) electrons. The number of rotatable bonds is 5. The van der Waals surface area contributed by atoms with Crippen LogP contribution in [0.25, 0.3) is 0 Å². The molecule has 0 saturated heterocycles. The highest BCUT2D eigenvalue weighted by molar-refractivity contribution is 5.90. The summed E-state index contributed by atoms with van der Waals surface area (Å²) in [6, 6.07) is 4.98. The van der Waals surface area contributed by atoms with Gasteiger partial charge in [-0.15, -0.1) is 0 Å². The second-order valence-electron chi connectivity index (χ2n) is 4.72. The van der Waals surface area contributed by atoms with Gasteiger partial charge in [0.2, 0.25) is 0 Å². The van der Waals surface area contributed by atoms with Crippen LogP contribution in [-0.2, 0) is 9.47 Å². The minimum atomic E-state index is -0.361. The Morgan fingerprint density at radius 1 is 1.05 bits per heavy atom. The van der Waals surface area contributed by atoms with Crippen LogP contribution < -0.4 is 9.47 Å². The van der Waals surface area contributed by atoms with E-state index in [9.17, 15) is 4.79 Å². The lowest BCUT2D eigenvalue weighted by molar-refractivity contribution is -0.0206. The molecule has 5 heteroatoms. The van der Waals surface area contributed by atoms with Gasteiger partial charge in [0.25, 0.3) is 0 Å². The second-order valence-corrected chi connectivity index (χ2v) is 4.72. The van der Waals surface area contributed by atoms with Crippen LogP contribution in [0.2, 0.25) is 0 Å². The maximum atomic E-state index is 12.2. The van der Waals surface area contributed by atoms with Crippen molar-refractivity contribution in [3.63, 3.8) is 0 Å². The molecule has 0 spiro atoms. The zero-order valence-corrected chi connectivity index (χ0v) is 12.0. The van der Waals surface area contributed by atoms with E-state index < -0.39 is 0 Å². The first kappa shape index (κ1) is 14.7. The van der Waals surface area contributed by atoms with Crippen molar-refractivity contribution in [2.24, 2.45) is 0 Å². The van der Waals surface area contributed by atoms with Gasteiger partial charge >= 0.3 is 5.97 Å². The van der Waals surface area contributed by atoms with Gasteiger partial charge in [-0.2, -0.15) is 0 Å². The Morgan fingerprint density at radius 2 is 1.75 bits per heavy atom. The Kier molecular flexibility index (Phi) is 4.84. The SMILES string of the molecule is COc1ccc(C(=O)OC2CCCC2OC)cc1OC. The van der Waals surface area contributed by atoms with E-state index in [-0.39, 0.29) is 18.2 Å². The van der Waals surface area contributed by atoms with Crippen molar-refractivity contribution in [3.8, 4) is 11.5 Å². The minimum absolute atomic E-state index is 0.000839. The molecule has 0 amide bonds. The predicted octanol–water partition coefficient (Wildman–Crippen LogP) is 2.43. The standard InChI is InChI=1S/C15H20O5/c1-17-11-5-4-6-13(11)20-15(16)10-7-8-12(18-2)14(9-10)19-3/h7-9,11,13H,4-6H2,1-3H3.